The molecule has 0 atom stereocenters. The maximum atomic E-state index is 12.1. The SMILES string of the molecule is COc1ccc(C)cc1CC(=O)OCC(=O)Nc1c(C)cc(C)cc1Cl. The van der Waals surface area contributed by atoms with Crippen LogP contribution in [0.4, 0.5) is 5.69 Å². The van der Waals surface area contributed by atoms with Gasteiger partial charge in [-0.2, -0.15) is 0 Å². The molecule has 2 rings (SSSR count). The molecule has 26 heavy (non-hydrogen) atoms. The summed E-state index contributed by atoms with van der Waals surface area (Å²) < 4.78 is 10.3. The Balaban J connectivity index is 1.94. The standard InChI is InChI=1S/C20H22ClNO4/c1-12-5-6-17(25-4)15(8-12)10-19(24)26-11-18(23)22-20-14(3)7-13(2)9-16(20)21/h5-9H,10-11H2,1-4H3,(H,22,23). The number of nitrogens with one attached hydrogen (secondary N) is 1. The molecule has 0 aromatic heterocycles. The number of rotatable bonds is 6. The fourth-order valence-corrected chi connectivity index (χ4v) is 3.02. The molecular weight excluding hydrogens is 354 g/mol. The molecule has 0 saturated heterocycles. The third-order valence-corrected chi connectivity index (χ3v) is 4.13. The smallest absolute Gasteiger partial charge is 0.310 e. The highest BCUT2D eigenvalue weighted by atomic mass is 35.5. The van der Waals surface area contributed by atoms with E-state index >= 15 is 0 Å². The van der Waals surface area contributed by atoms with Gasteiger partial charge in [-0.25, -0.2) is 0 Å². The first-order chi connectivity index (χ1) is 12.3. The molecule has 0 saturated carbocycles. The molecule has 2 aromatic carbocycles. The first-order valence-corrected chi connectivity index (χ1v) is 8.53. The molecule has 0 radical (unpaired) electrons. The molecule has 0 heterocycles. The molecule has 2 aromatic rings. The quantitative estimate of drug-likeness (QED) is 0.775. The van der Waals surface area contributed by atoms with Crippen molar-refractivity contribution in [2.75, 3.05) is 19.0 Å². The third kappa shape index (κ3) is 5.23. The van der Waals surface area contributed by atoms with Crippen LogP contribution in [0, 0.1) is 20.8 Å². The van der Waals surface area contributed by atoms with Crippen molar-refractivity contribution in [3.8, 4) is 5.75 Å². The van der Waals surface area contributed by atoms with E-state index in [4.69, 9.17) is 21.1 Å². The summed E-state index contributed by atoms with van der Waals surface area (Å²) >= 11 is 6.16. The Labute approximate surface area is 158 Å². The van der Waals surface area contributed by atoms with Crippen LogP contribution in [-0.4, -0.2) is 25.6 Å². The molecule has 0 aliphatic rings. The van der Waals surface area contributed by atoms with Gasteiger partial charge in [0.15, 0.2) is 6.61 Å². The third-order valence-electron chi connectivity index (χ3n) is 3.83. The summed E-state index contributed by atoms with van der Waals surface area (Å²) in [5, 5.41) is 3.13. The van der Waals surface area contributed by atoms with Crippen molar-refractivity contribution < 1.29 is 19.1 Å². The largest absolute Gasteiger partial charge is 0.496 e. The van der Waals surface area contributed by atoms with Gasteiger partial charge in [0.05, 0.1) is 24.2 Å². The second-order valence-corrected chi connectivity index (χ2v) is 6.55. The molecule has 5 nitrogen and oxygen atoms in total. The fourth-order valence-electron chi connectivity index (χ4n) is 2.65. The first kappa shape index (κ1) is 19.8. The number of hydrogen-bond acceptors (Lipinski definition) is 4. The highest BCUT2D eigenvalue weighted by Gasteiger charge is 2.14. The number of aryl methyl sites for hydroxylation is 3. The first-order valence-electron chi connectivity index (χ1n) is 8.16. The van der Waals surface area contributed by atoms with E-state index in [0.29, 0.717) is 16.5 Å². The van der Waals surface area contributed by atoms with Crippen LogP contribution < -0.4 is 10.1 Å². The van der Waals surface area contributed by atoms with Gasteiger partial charge in [0, 0.05) is 5.56 Å². The van der Waals surface area contributed by atoms with Gasteiger partial charge in [-0.1, -0.05) is 35.4 Å². The maximum absolute atomic E-state index is 12.1. The number of carbonyl (C=O) groups is 2. The van der Waals surface area contributed by atoms with Gasteiger partial charge in [0.25, 0.3) is 5.91 Å². The molecule has 0 aliphatic carbocycles. The summed E-state index contributed by atoms with van der Waals surface area (Å²) in [4.78, 5) is 24.1. The molecule has 138 valence electrons. The van der Waals surface area contributed by atoms with Crippen molar-refractivity contribution in [1.29, 1.82) is 0 Å². The van der Waals surface area contributed by atoms with Crippen molar-refractivity contribution in [2.45, 2.75) is 27.2 Å². The van der Waals surface area contributed by atoms with E-state index in [2.05, 4.69) is 5.32 Å². The molecule has 0 bridgehead atoms. The molecule has 0 fully saturated rings. The van der Waals surface area contributed by atoms with Crippen molar-refractivity contribution in [3.63, 3.8) is 0 Å². The second-order valence-electron chi connectivity index (χ2n) is 6.14. The topological polar surface area (TPSA) is 64.6 Å². The summed E-state index contributed by atoms with van der Waals surface area (Å²) in [7, 11) is 1.54. The predicted octanol–water partition coefficient (Wildman–Crippen LogP) is 4.00. The molecule has 6 heteroatoms. The van der Waals surface area contributed by atoms with Crippen LogP contribution in [0.2, 0.25) is 5.02 Å². The lowest BCUT2D eigenvalue weighted by molar-refractivity contribution is -0.146. The fraction of sp³-hybridized carbons (Fsp3) is 0.300. The van der Waals surface area contributed by atoms with Gasteiger partial charge in [-0.15, -0.1) is 0 Å². The zero-order valence-corrected chi connectivity index (χ0v) is 16.1. The van der Waals surface area contributed by atoms with Crippen LogP contribution in [0.25, 0.3) is 0 Å². The van der Waals surface area contributed by atoms with Crippen LogP contribution in [-0.2, 0) is 20.7 Å². The molecule has 1 N–H and O–H groups in total. The van der Waals surface area contributed by atoms with Gasteiger partial charge in [-0.3, -0.25) is 9.59 Å². The van der Waals surface area contributed by atoms with Crippen molar-refractivity contribution in [1.82, 2.24) is 0 Å². The van der Waals surface area contributed by atoms with E-state index in [1.165, 1.54) is 0 Å². The Bertz CT molecular complexity index is 810. The summed E-state index contributed by atoms with van der Waals surface area (Å²) in [6.45, 7) is 5.32. The lowest BCUT2D eigenvalue weighted by Gasteiger charge is -2.12. The number of esters is 1. The maximum Gasteiger partial charge on any atom is 0.310 e. The molecule has 0 spiro atoms. The minimum atomic E-state index is -0.504. The van der Waals surface area contributed by atoms with E-state index < -0.39 is 11.9 Å². The average Bonchev–Trinajstić information content (AvgIpc) is 2.56. The number of halogens is 1. The monoisotopic (exact) mass is 375 g/mol. The normalized spacial score (nSPS) is 10.3. The summed E-state index contributed by atoms with van der Waals surface area (Å²) in [5.41, 5.74) is 4.10. The Morgan fingerprint density at radius 2 is 1.81 bits per heavy atom. The molecular formula is C20H22ClNO4. The predicted molar refractivity (Wildman–Crippen MR) is 102 cm³/mol. The Morgan fingerprint density at radius 1 is 1.08 bits per heavy atom. The zero-order valence-electron chi connectivity index (χ0n) is 15.3. The Morgan fingerprint density at radius 3 is 2.46 bits per heavy atom. The van der Waals surface area contributed by atoms with Crippen molar-refractivity contribution in [3.05, 3.63) is 57.6 Å². The number of ether oxygens (including phenoxy) is 2. The molecule has 1 amide bonds. The van der Waals surface area contributed by atoms with Gasteiger partial charge < -0.3 is 14.8 Å². The number of methoxy groups -OCH3 is 1. The number of amides is 1. The molecule has 0 unspecified atom stereocenters. The lowest BCUT2D eigenvalue weighted by Crippen LogP contribution is -2.22. The summed E-state index contributed by atoms with van der Waals surface area (Å²) in [6.07, 6.45) is 0.0302. The second kappa shape index (κ2) is 8.72. The molecule has 0 aliphatic heterocycles. The number of anilines is 1. The zero-order chi connectivity index (χ0) is 19.3. The summed E-state index contributed by atoms with van der Waals surface area (Å²) in [5.74, 6) is -0.335. The Kier molecular flexibility index (Phi) is 6.64. The Hall–Kier alpha value is -2.53. The minimum absolute atomic E-state index is 0.0302. The van der Waals surface area contributed by atoms with Crippen LogP contribution >= 0.6 is 11.6 Å². The number of hydrogen-bond donors (Lipinski definition) is 1. The van der Waals surface area contributed by atoms with Crippen molar-refractivity contribution >= 4 is 29.2 Å². The summed E-state index contributed by atoms with van der Waals surface area (Å²) in [6, 6.07) is 9.23. The van der Waals surface area contributed by atoms with E-state index in [0.717, 1.165) is 22.3 Å². The van der Waals surface area contributed by atoms with Crippen LogP contribution in [0.5, 0.6) is 5.75 Å². The van der Waals surface area contributed by atoms with Crippen molar-refractivity contribution in [2.24, 2.45) is 0 Å². The highest BCUT2D eigenvalue weighted by molar-refractivity contribution is 6.34. The number of carbonyl (C=O) groups excluding carboxylic acids is 2. The van der Waals surface area contributed by atoms with Crippen LogP contribution in [0.1, 0.15) is 22.3 Å². The number of benzene rings is 2. The van der Waals surface area contributed by atoms with E-state index in [1.54, 1.807) is 19.2 Å². The van der Waals surface area contributed by atoms with Crippen LogP contribution in [0.3, 0.4) is 0 Å². The van der Waals surface area contributed by atoms with Gasteiger partial charge in [0.1, 0.15) is 5.75 Å². The van der Waals surface area contributed by atoms with E-state index in [9.17, 15) is 9.59 Å². The average molecular weight is 376 g/mol. The minimum Gasteiger partial charge on any atom is -0.496 e. The van der Waals surface area contributed by atoms with E-state index in [-0.39, 0.29) is 13.0 Å². The lowest BCUT2D eigenvalue weighted by atomic mass is 10.1. The van der Waals surface area contributed by atoms with Gasteiger partial charge >= 0.3 is 5.97 Å². The van der Waals surface area contributed by atoms with Gasteiger partial charge in [-0.05, 0) is 44.0 Å². The van der Waals surface area contributed by atoms with Gasteiger partial charge in [0.2, 0.25) is 0 Å². The van der Waals surface area contributed by atoms with E-state index in [1.807, 2.05) is 39.0 Å². The highest BCUT2D eigenvalue weighted by Crippen LogP contribution is 2.27. The van der Waals surface area contributed by atoms with Crippen LogP contribution in [0.15, 0.2) is 30.3 Å².